The van der Waals surface area contributed by atoms with Crippen LogP contribution in [-0.4, -0.2) is 8.42 Å². The third-order valence-electron chi connectivity index (χ3n) is 2.86. The molecular weight excluding hydrogens is 383 g/mol. The highest BCUT2D eigenvalue weighted by molar-refractivity contribution is 9.10. The van der Waals surface area contributed by atoms with Crippen LogP contribution in [0.1, 0.15) is 11.1 Å². The molecule has 0 aliphatic heterocycles. The van der Waals surface area contributed by atoms with Gasteiger partial charge in [0, 0.05) is 4.47 Å². The second-order valence-electron chi connectivity index (χ2n) is 4.61. The van der Waals surface area contributed by atoms with Gasteiger partial charge in [0.25, 0.3) is 10.0 Å². The number of benzene rings is 2. The maximum Gasteiger partial charge on any atom is 0.416 e. The first-order valence-electron chi connectivity index (χ1n) is 6.06. The van der Waals surface area contributed by atoms with E-state index in [2.05, 4.69) is 20.7 Å². The minimum absolute atomic E-state index is 0.243. The molecule has 1 N–H and O–H groups in total. The van der Waals surface area contributed by atoms with Crippen molar-refractivity contribution in [3.63, 3.8) is 0 Å². The maximum atomic E-state index is 12.5. The van der Waals surface area contributed by atoms with Crippen molar-refractivity contribution in [1.82, 2.24) is 0 Å². The molecule has 0 bridgehead atoms. The zero-order valence-electron chi connectivity index (χ0n) is 11.3. The predicted molar refractivity (Wildman–Crippen MR) is 81.1 cm³/mol. The third kappa shape index (κ3) is 3.80. The zero-order valence-corrected chi connectivity index (χ0v) is 13.7. The minimum atomic E-state index is -4.50. The first-order valence-corrected chi connectivity index (χ1v) is 8.33. The third-order valence-corrected chi connectivity index (χ3v) is 4.90. The van der Waals surface area contributed by atoms with E-state index in [0.29, 0.717) is 10.2 Å². The molecule has 2 aromatic carbocycles. The Labute approximate surface area is 134 Å². The van der Waals surface area contributed by atoms with Gasteiger partial charge in [0.15, 0.2) is 0 Å². The van der Waals surface area contributed by atoms with Crippen LogP contribution in [-0.2, 0) is 16.2 Å². The van der Waals surface area contributed by atoms with Crippen molar-refractivity contribution in [2.75, 3.05) is 4.72 Å². The number of rotatable bonds is 3. The average molecular weight is 394 g/mol. The summed E-state index contributed by atoms with van der Waals surface area (Å²) in [7, 11) is -3.96. The molecular formula is C14H11BrF3NO2S. The maximum absolute atomic E-state index is 12.5. The van der Waals surface area contributed by atoms with E-state index in [0.717, 1.165) is 29.8 Å². The quantitative estimate of drug-likeness (QED) is 0.829. The molecule has 2 rings (SSSR count). The minimum Gasteiger partial charge on any atom is -0.278 e. The molecule has 0 saturated carbocycles. The molecule has 0 unspecified atom stereocenters. The zero-order chi connectivity index (χ0) is 16.5. The lowest BCUT2D eigenvalue weighted by Crippen LogP contribution is -2.14. The summed E-state index contributed by atoms with van der Waals surface area (Å²) < 4.78 is 64.7. The Hall–Kier alpha value is -1.54. The standard InChI is InChI=1S/C14H11BrF3NO2S/c1-9-2-7-13(12(15)8-9)19-22(20,21)11-5-3-10(4-6-11)14(16,17)18/h2-8,19H,1H3. The number of halogens is 4. The number of hydrogen-bond acceptors (Lipinski definition) is 2. The van der Waals surface area contributed by atoms with Crippen molar-refractivity contribution in [3.8, 4) is 0 Å². The summed E-state index contributed by atoms with van der Waals surface area (Å²) in [4.78, 5) is -0.243. The van der Waals surface area contributed by atoms with Gasteiger partial charge in [0.1, 0.15) is 0 Å². The Bertz CT molecular complexity index is 787. The van der Waals surface area contributed by atoms with Crippen molar-refractivity contribution in [2.45, 2.75) is 18.0 Å². The number of sulfonamides is 1. The molecule has 22 heavy (non-hydrogen) atoms. The first kappa shape index (κ1) is 16.8. The number of alkyl halides is 3. The number of anilines is 1. The molecule has 0 saturated heterocycles. The summed E-state index contributed by atoms with van der Waals surface area (Å²) in [6.07, 6.45) is -4.50. The number of aryl methyl sites for hydroxylation is 1. The lowest BCUT2D eigenvalue weighted by molar-refractivity contribution is -0.137. The Morgan fingerprint density at radius 1 is 1.05 bits per heavy atom. The van der Waals surface area contributed by atoms with Gasteiger partial charge in [-0.25, -0.2) is 8.42 Å². The van der Waals surface area contributed by atoms with Crippen molar-refractivity contribution in [3.05, 3.63) is 58.1 Å². The summed E-state index contributed by atoms with van der Waals surface area (Å²) in [6, 6.07) is 8.33. The highest BCUT2D eigenvalue weighted by atomic mass is 79.9. The molecule has 0 atom stereocenters. The van der Waals surface area contributed by atoms with Crippen molar-refractivity contribution >= 4 is 31.6 Å². The second kappa shape index (κ2) is 5.92. The van der Waals surface area contributed by atoms with Gasteiger partial charge >= 0.3 is 6.18 Å². The molecule has 0 amide bonds. The Morgan fingerprint density at radius 3 is 2.14 bits per heavy atom. The van der Waals surface area contributed by atoms with Crippen LogP contribution in [0.25, 0.3) is 0 Å². The fourth-order valence-electron chi connectivity index (χ4n) is 1.73. The van der Waals surface area contributed by atoms with Gasteiger partial charge in [-0.2, -0.15) is 13.2 Å². The largest absolute Gasteiger partial charge is 0.416 e. The monoisotopic (exact) mass is 393 g/mol. The highest BCUT2D eigenvalue weighted by Gasteiger charge is 2.30. The van der Waals surface area contributed by atoms with Crippen LogP contribution in [0, 0.1) is 6.92 Å². The predicted octanol–water partition coefficient (Wildman–Crippen LogP) is 4.58. The van der Waals surface area contributed by atoms with E-state index in [9.17, 15) is 21.6 Å². The van der Waals surface area contributed by atoms with Crippen LogP contribution in [0.5, 0.6) is 0 Å². The van der Waals surface area contributed by atoms with Gasteiger partial charge in [-0.05, 0) is 64.8 Å². The van der Waals surface area contributed by atoms with Crippen molar-refractivity contribution < 1.29 is 21.6 Å². The van der Waals surface area contributed by atoms with Crippen LogP contribution < -0.4 is 4.72 Å². The SMILES string of the molecule is Cc1ccc(NS(=O)(=O)c2ccc(C(F)(F)F)cc2)c(Br)c1. The number of nitrogens with one attached hydrogen (secondary N) is 1. The summed E-state index contributed by atoms with van der Waals surface area (Å²) in [6.45, 7) is 1.85. The fraction of sp³-hybridized carbons (Fsp3) is 0.143. The van der Waals surface area contributed by atoms with Crippen molar-refractivity contribution in [1.29, 1.82) is 0 Å². The topological polar surface area (TPSA) is 46.2 Å². The second-order valence-corrected chi connectivity index (χ2v) is 7.15. The summed E-state index contributed by atoms with van der Waals surface area (Å²) in [5.41, 5.74) is 0.345. The van der Waals surface area contributed by atoms with Crippen LogP contribution >= 0.6 is 15.9 Å². The molecule has 0 heterocycles. The smallest absolute Gasteiger partial charge is 0.278 e. The molecule has 8 heteroatoms. The molecule has 0 aromatic heterocycles. The Morgan fingerprint density at radius 2 is 1.64 bits per heavy atom. The summed E-state index contributed by atoms with van der Waals surface area (Å²) >= 11 is 3.23. The van der Waals surface area contributed by atoms with E-state index in [1.165, 1.54) is 0 Å². The first-order chi connectivity index (χ1) is 10.1. The molecule has 0 fully saturated rings. The summed E-state index contributed by atoms with van der Waals surface area (Å²) in [5, 5.41) is 0. The van der Waals surface area contributed by atoms with E-state index in [-0.39, 0.29) is 4.90 Å². The van der Waals surface area contributed by atoms with Crippen molar-refractivity contribution in [2.24, 2.45) is 0 Å². The van der Waals surface area contributed by atoms with E-state index < -0.39 is 21.8 Å². The van der Waals surface area contributed by atoms with Crippen LogP contribution in [0.3, 0.4) is 0 Å². The summed E-state index contributed by atoms with van der Waals surface area (Å²) in [5.74, 6) is 0. The lowest BCUT2D eigenvalue weighted by Gasteiger charge is -2.11. The number of hydrogen-bond donors (Lipinski definition) is 1. The van der Waals surface area contributed by atoms with Gasteiger partial charge in [-0.1, -0.05) is 6.07 Å². The molecule has 2 aromatic rings. The van der Waals surface area contributed by atoms with Gasteiger partial charge in [-0.15, -0.1) is 0 Å². The fourth-order valence-corrected chi connectivity index (χ4v) is 3.53. The molecule has 0 aliphatic carbocycles. The molecule has 118 valence electrons. The van der Waals surface area contributed by atoms with E-state index in [1.54, 1.807) is 18.2 Å². The van der Waals surface area contributed by atoms with Crippen LogP contribution in [0.2, 0.25) is 0 Å². The highest BCUT2D eigenvalue weighted by Crippen LogP contribution is 2.30. The van der Waals surface area contributed by atoms with E-state index in [1.807, 2.05) is 6.92 Å². The Kier molecular flexibility index (Phi) is 4.53. The van der Waals surface area contributed by atoms with Gasteiger partial charge in [0.2, 0.25) is 0 Å². The molecule has 0 spiro atoms. The lowest BCUT2D eigenvalue weighted by atomic mass is 10.2. The van der Waals surface area contributed by atoms with E-state index in [4.69, 9.17) is 0 Å². The molecule has 0 aliphatic rings. The van der Waals surface area contributed by atoms with Gasteiger partial charge in [-0.3, -0.25) is 4.72 Å². The van der Waals surface area contributed by atoms with Gasteiger partial charge in [0.05, 0.1) is 16.1 Å². The Balaban J connectivity index is 2.31. The van der Waals surface area contributed by atoms with Crippen LogP contribution in [0.4, 0.5) is 18.9 Å². The average Bonchev–Trinajstić information content (AvgIpc) is 2.41. The molecule has 3 nitrogen and oxygen atoms in total. The normalized spacial score (nSPS) is 12.2. The van der Waals surface area contributed by atoms with E-state index >= 15 is 0 Å². The van der Waals surface area contributed by atoms with Crippen LogP contribution in [0.15, 0.2) is 51.8 Å². The van der Waals surface area contributed by atoms with Gasteiger partial charge < -0.3 is 0 Å². The molecule has 0 radical (unpaired) electrons.